The number of amides is 2. The summed E-state index contributed by atoms with van der Waals surface area (Å²) in [6, 6.07) is 9.88. The molecule has 1 aliphatic heterocycles. The largest absolute Gasteiger partial charge is 0.493 e. The fourth-order valence-corrected chi connectivity index (χ4v) is 4.97. The zero-order valence-electron chi connectivity index (χ0n) is 20.9. The van der Waals surface area contributed by atoms with Gasteiger partial charge in [0.25, 0.3) is 0 Å². The summed E-state index contributed by atoms with van der Waals surface area (Å²) < 4.78 is 21.8. The summed E-state index contributed by atoms with van der Waals surface area (Å²) in [5, 5.41) is 3.20. The number of nitrogens with one attached hydrogen (secondary N) is 1. The number of halogens is 1. The van der Waals surface area contributed by atoms with E-state index in [0.717, 1.165) is 31.2 Å². The van der Waals surface area contributed by atoms with E-state index in [1.165, 1.54) is 12.0 Å². The first-order valence-corrected chi connectivity index (χ1v) is 12.7. The van der Waals surface area contributed by atoms with Gasteiger partial charge in [-0.05, 0) is 67.0 Å². The average molecular weight is 517 g/mol. The maximum absolute atomic E-state index is 13.8. The van der Waals surface area contributed by atoms with E-state index >= 15 is 0 Å². The Bertz CT molecular complexity index is 1090. The molecule has 1 N–H and O–H groups in total. The lowest BCUT2D eigenvalue weighted by molar-refractivity contribution is -0.140. The van der Waals surface area contributed by atoms with E-state index in [2.05, 4.69) is 12.2 Å². The number of carbonyl (C=O) groups is 2. The third-order valence-electron chi connectivity index (χ3n) is 6.87. The lowest BCUT2D eigenvalue weighted by atomic mass is 9.87. The van der Waals surface area contributed by atoms with Crippen molar-refractivity contribution in [2.45, 2.75) is 51.2 Å². The molecule has 1 aliphatic carbocycles. The first-order chi connectivity index (χ1) is 17.4. The fraction of sp³-hybridized carbons (Fsp3) is 0.481. The van der Waals surface area contributed by atoms with Gasteiger partial charge in [0.05, 0.1) is 14.2 Å². The Kier molecular flexibility index (Phi) is 8.46. The molecular formula is C27H33ClN2O6. The molecule has 36 heavy (non-hydrogen) atoms. The van der Waals surface area contributed by atoms with E-state index in [-0.39, 0.29) is 37.1 Å². The van der Waals surface area contributed by atoms with Crippen LogP contribution in [0.5, 0.6) is 23.0 Å². The lowest BCUT2D eigenvalue weighted by Gasteiger charge is -2.34. The van der Waals surface area contributed by atoms with E-state index in [1.54, 1.807) is 31.4 Å². The molecule has 0 saturated heterocycles. The molecule has 1 fully saturated rings. The van der Waals surface area contributed by atoms with Crippen LogP contribution in [0.1, 0.15) is 49.8 Å². The third kappa shape index (κ3) is 5.81. The predicted molar refractivity (Wildman–Crippen MR) is 136 cm³/mol. The molecule has 1 atom stereocenters. The van der Waals surface area contributed by atoms with Gasteiger partial charge in [-0.25, -0.2) is 0 Å². The van der Waals surface area contributed by atoms with E-state index in [0.29, 0.717) is 34.5 Å². The van der Waals surface area contributed by atoms with E-state index in [4.69, 9.17) is 30.5 Å². The maximum Gasteiger partial charge on any atom is 0.247 e. The van der Waals surface area contributed by atoms with Crippen molar-refractivity contribution in [3.63, 3.8) is 0 Å². The summed E-state index contributed by atoms with van der Waals surface area (Å²) >= 11 is 6.04. The normalized spacial score (nSPS) is 19.3. The highest BCUT2D eigenvalue weighted by Crippen LogP contribution is 2.36. The molecule has 0 unspecified atom stereocenters. The standard InChI is InChI=1S/C27H33ClN2O6/c1-17-4-8-20(9-5-17)29-27(32)26(19-7-11-21(33-2)23(13-19)34-3)30(25(31)14-28)15-18-6-10-22-24(12-18)36-16-35-22/h6-7,10-13,17,20,26H,4-5,8-9,14-16H2,1-3H3,(H,29,32)/t17?,20?,26-/m0/s1. The quantitative estimate of drug-likeness (QED) is 0.496. The Balaban J connectivity index is 1.69. The first-order valence-electron chi connectivity index (χ1n) is 12.2. The number of methoxy groups -OCH3 is 2. The Morgan fingerprint density at radius 3 is 2.44 bits per heavy atom. The monoisotopic (exact) mass is 516 g/mol. The van der Waals surface area contributed by atoms with Crippen molar-refractivity contribution >= 4 is 23.4 Å². The van der Waals surface area contributed by atoms with Gasteiger partial charge in [-0.15, -0.1) is 11.6 Å². The SMILES string of the molecule is COc1ccc([C@@H](C(=O)NC2CCC(C)CC2)N(Cc2ccc3c(c2)OCO3)C(=O)CCl)cc1OC. The molecule has 8 nitrogen and oxygen atoms in total. The molecule has 1 heterocycles. The molecule has 9 heteroatoms. The summed E-state index contributed by atoms with van der Waals surface area (Å²) in [6.07, 6.45) is 3.95. The van der Waals surface area contributed by atoms with Crippen molar-refractivity contribution in [3.05, 3.63) is 47.5 Å². The molecule has 4 rings (SSSR count). The zero-order valence-corrected chi connectivity index (χ0v) is 21.7. The van der Waals surface area contributed by atoms with Crippen LogP contribution in [0.25, 0.3) is 0 Å². The van der Waals surface area contributed by atoms with Gasteiger partial charge in [-0.1, -0.05) is 19.1 Å². The van der Waals surface area contributed by atoms with Crippen LogP contribution in [0, 0.1) is 5.92 Å². The smallest absolute Gasteiger partial charge is 0.247 e. The molecule has 0 spiro atoms. The minimum atomic E-state index is -0.916. The maximum atomic E-state index is 13.8. The van der Waals surface area contributed by atoms with Gasteiger partial charge in [0.1, 0.15) is 11.9 Å². The van der Waals surface area contributed by atoms with Crippen LogP contribution in [0.2, 0.25) is 0 Å². The molecule has 0 bridgehead atoms. The van der Waals surface area contributed by atoms with Crippen LogP contribution in [-0.2, 0) is 16.1 Å². The van der Waals surface area contributed by atoms with Gasteiger partial charge in [0.15, 0.2) is 23.0 Å². The molecule has 1 saturated carbocycles. The van der Waals surface area contributed by atoms with Gasteiger partial charge < -0.3 is 29.2 Å². The summed E-state index contributed by atoms with van der Waals surface area (Å²) in [7, 11) is 3.09. The van der Waals surface area contributed by atoms with Gasteiger partial charge >= 0.3 is 0 Å². The fourth-order valence-electron chi connectivity index (χ4n) is 4.82. The van der Waals surface area contributed by atoms with Gasteiger partial charge in [-0.3, -0.25) is 9.59 Å². The second kappa shape index (κ2) is 11.7. The molecule has 2 aliphatic rings. The van der Waals surface area contributed by atoms with E-state index in [9.17, 15) is 9.59 Å². The lowest BCUT2D eigenvalue weighted by Crippen LogP contribution is -2.47. The Hall–Kier alpha value is -3.13. The van der Waals surface area contributed by atoms with Crippen LogP contribution < -0.4 is 24.3 Å². The minimum Gasteiger partial charge on any atom is -0.493 e. The van der Waals surface area contributed by atoms with Gasteiger partial charge in [0.2, 0.25) is 18.6 Å². The Morgan fingerprint density at radius 2 is 1.75 bits per heavy atom. The summed E-state index contributed by atoms with van der Waals surface area (Å²) in [5.74, 6) is 2.04. The number of fused-ring (bicyclic) bond motifs is 1. The van der Waals surface area contributed by atoms with Crippen LogP contribution in [-0.4, -0.2) is 49.6 Å². The van der Waals surface area contributed by atoms with E-state index in [1.807, 2.05) is 12.1 Å². The van der Waals surface area contributed by atoms with E-state index < -0.39 is 6.04 Å². The number of nitrogens with zero attached hydrogens (tertiary/aromatic N) is 1. The molecule has 2 aromatic carbocycles. The minimum absolute atomic E-state index is 0.0647. The highest BCUT2D eigenvalue weighted by molar-refractivity contribution is 6.27. The zero-order chi connectivity index (χ0) is 25.7. The number of carbonyl (C=O) groups excluding carboxylic acids is 2. The molecular weight excluding hydrogens is 484 g/mol. The van der Waals surface area contributed by atoms with Crippen molar-refractivity contribution in [1.82, 2.24) is 10.2 Å². The molecule has 2 amide bonds. The van der Waals surface area contributed by atoms with Crippen LogP contribution in [0.3, 0.4) is 0 Å². The average Bonchev–Trinajstić information content (AvgIpc) is 3.37. The summed E-state index contributed by atoms with van der Waals surface area (Å²) in [5.41, 5.74) is 1.40. The highest BCUT2D eigenvalue weighted by Gasteiger charge is 2.34. The highest BCUT2D eigenvalue weighted by atomic mass is 35.5. The summed E-state index contributed by atoms with van der Waals surface area (Å²) in [6.45, 7) is 2.55. The van der Waals surface area contributed by atoms with Crippen molar-refractivity contribution in [1.29, 1.82) is 0 Å². The molecule has 0 radical (unpaired) electrons. The first kappa shape index (κ1) is 25.9. The number of alkyl halides is 1. The van der Waals surface area contributed by atoms with Crippen molar-refractivity contribution in [3.8, 4) is 23.0 Å². The number of hydrogen-bond acceptors (Lipinski definition) is 6. The Morgan fingerprint density at radius 1 is 1.03 bits per heavy atom. The molecule has 194 valence electrons. The van der Waals surface area contributed by atoms with Crippen LogP contribution in [0.15, 0.2) is 36.4 Å². The predicted octanol–water partition coefficient (Wildman–Crippen LogP) is 4.44. The topological polar surface area (TPSA) is 86.3 Å². The molecule has 2 aromatic rings. The Labute approximate surface area is 216 Å². The molecule has 0 aromatic heterocycles. The van der Waals surface area contributed by atoms with Crippen LogP contribution in [0.4, 0.5) is 0 Å². The summed E-state index contributed by atoms with van der Waals surface area (Å²) in [4.78, 5) is 28.5. The number of rotatable bonds is 9. The second-order valence-corrected chi connectivity index (χ2v) is 9.59. The number of benzene rings is 2. The number of ether oxygens (including phenoxy) is 4. The third-order valence-corrected chi connectivity index (χ3v) is 7.10. The van der Waals surface area contributed by atoms with Gasteiger partial charge in [0, 0.05) is 12.6 Å². The number of hydrogen-bond donors (Lipinski definition) is 1. The van der Waals surface area contributed by atoms with Gasteiger partial charge in [-0.2, -0.15) is 0 Å². The van der Waals surface area contributed by atoms with Crippen molar-refractivity contribution in [2.75, 3.05) is 26.9 Å². The van der Waals surface area contributed by atoms with Crippen LogP contribution >= 0.6 is 11.6 Å². The van der Waals surface area contributed by atoms with Crippen molar-refractivity contribution in [2.24, 2.45) is 5.92 Å². The second-order valence-electron chi connectivity index (χ2n) is 9.33. The van der Waals surface area contributed by atoms with Crippen molar-refractivity contribution < 1.29 is 28.5 Å².